The monoisotopic (exact) mass is 334 g/mol. The molecule has 2 rings (SSSR count). The van der Waals surface area contributed by atoms with Crippen LogP contribution >= 0.6 is 0 Å². The zero-order valence-electron chi connectivity index (χ0n) is 15.0. The second-order valence-corrected chi connectivity index (χ2v) is 6.90. The molecular formula is C19H30N2O3. The molecule has 0 aromatic heterocycles. The van der Waals surface area contributed by atoms with E-state index in [0.717, 1.165) is 25.9 Å². The van der Waals surface area contributed by atoms with E-state index in [4.69, 9.17) is 15.2 Å². The maximum absolute atomic E-state index is 12.5. The highest BCUT2D eigenvalue weighted by atomic mass is 16.5. The van der Waals surface area contributed by atoms with E-state index in [-0.39, 0.29) is 18.1 Å². The first-order chi connectivity index (χ1) is 11.5. The number of ether oxygens (including phenoxy) is 2. The maximum atomic E-state index is 12.5. The second kappa shape index (κ2) is 9.04. The Morgan fingerprint density at radius 2 is 2.25 bits per heavy atom. The topological polar surface area (TPSA) is 64.8 Å². The molecule has 5 nitrogen and oxygen atoms in total. The first kappa shape index (κ1) is 18.7. The van der Waals surface area contributed by atoms with Crippen molar-refractivity contribution in [3.63, 3.8) is 0 Å². The molecule has 1 aromatic carbocycles. The second-order valence-electron chi connectivity index (χ2n) is 6.90. The van der Waals surface area contributed by atoms with Crippen molar-refractivity contribution in [2.24, 2.45) is 11.7 Å². The highest BCUT2D eigenvalue weighted by molar-refractivity contribution is 5.94. The van der Waals surface area contributed by atoms with Crippen molar-refractivity contribution in [1.29, 1.82) is 0 Å². The minimum Gasteiger partial charge on any atom is -0.491 e. The fourth-order valence-corrected chi connectivity index (χ4v) is 2.68. The smallest absolute Gasteiger partial charge is 0.253 e. The van der Waals surface area contributed by atoms with Crippen LogP contribution in [0.1, 0.15) is 43.5 Å². The van der Waals surface area contributed by atoms with Crippen LogP contribution in [0.5, 0.6) is 5.75 Å². The van der Waals surface area contributed by atoms with Crippen molar-refractivity contribution >= 4 is 5.91 Å². The summed E-state index contributed by atoms with van der Waals surface area (Å²) in [4.78, 5) is 14.3. The van der Waals surface area contributed by atoms with Crippen LogP contribution in [0.2, 0.25) is 0 Å². The Kier molecular flexibility index (Phi) is 7.06. The summed E-state index contributed by atoms with van der Waals surface area (Å²) in [5.74, 6) is 1.13. The summed E-state index contributed by atoms with van der Waals surface area (Å²) in [5, 5.41) is 0. The minimum atomic E-state index is -0.00600. The first-order valence-corrected chi connectivity index (χ1v) is 8.83. The molecule has 0 bridgehead atoms. The molecule has 0 spiro atoms. The zero-order chi connectivity index (χ0) is 17.5. The Morgan fingerprint density at radius 3 is 2.92 bits per heavy atom. The summed E-state index contributed by atoms with van der Waals surface area (Å²) in [6, 6.07) is 7.46. The molecule has 1 aliphatic heterocycles. The zero-order valence-corrected chi connectivity index (χ0v) is 15.0. The largest absolute Gasteiger partial charge is 0.491 e. The summed E-state index contributed by atoms with van der Waals surface area (Å²) < 4.78 is 11.3. The van der Waals surface area contributed by atoms with E-state index in [0.29, 0.717) is 30.4 Å². The van der Waals surface area contributed by atoms with Gasteiger partial charge in [0.1, 0.15) is 12.4 Å². The summed E-state index contributed by atoms with van der Waals surface area (Å²) in [6.07, 6.45) is 3.10. The molecule has 1 fully saturated rings. The summed E-state index contributed by atoms with van der Waals surface area (Å²) in [7, 11) is 1.81. The van der Waals surface area contributed by atoms with Gasteiger partial charge in [-0.15, -0.1) is 0 Å². The molecule has 5 heteroatoms. The van der Waals surface area contributed by atoms with E-state index < -0.39 is 0 Å². The number of rotatable bonds is 8. The molecule has 1 aliphatic rings. The van der Waals surface area contributed by atoms with E-state index in [1.54, 1.807) is 11.0 Å². The van der Waals surface area contributed by atoms with Crippen LogP contribution in [0.15, 0.2) is 24.3 Å². The highest BCUT2D eigenvalue weighted by Crippen LogP contribution is 2.18. The molecule has 1 aromatic rings. The number of hydrogen-bond acceptors (Lipinski definition) is 4. The molecule has 2 unspecified atom stereocenters. The fraction of sp³-hybridized carbons (Fsp3) is 0.632. The van der Waals surface area contributed by atoms with E-state index in [9.17, 15) is 4.79 Å². The molecule has 2 atom stereocenters. The molecular weight excluding hydrogens is 304 g/mol. The number of nitrogens with zero attached hydrogens (tertiary/aromatic N) is 1. The van der Waals surface area contributed by atoms with E-state index in [1.807, 2.05) is 25.2 Å². The van der Waals surface area contributed by atoms with Gasteiger partial charge in [-0.3, -0.25) is 4.79 Å². The Balaban J connectivity index is 1.87. The van der Waals surface area contributed by atoms with E-state index in [2.05, 4.69) is 13.8 Å². The van der Waals surface area contributed by atoms with Gasteiger partial charge in [-0.25, -0.2) is 0 Å². The molecule has 1 amide bonds. The Labute approximate surface area is 145 Å². The SMILES string of the molecule is CC(C)C(N)CCN(C)C(=O)c1cccc(OCC2CCCO2)c1. The summed E-state index contributed by atoms with van der Waals surface area (Å²) >= 11 is 0. The number of hydrogen-bond donors (Lipinski definition) is 1. The van der Waals surface area contributed by atoms with Crippen LogP contribution < -0.4 is 10.5 Å². The van der Waals surface area contributed by atoms with E-state index >= 15 is 0 Å². The maximum Gasteiger partial charge on any atom is 0.253 e. The third kappa shape index (κ3) is 5.49. The molecule has 0 radical (unpaired) electrons. The van der Waals surface area contributed by atoms with Gasteiger partial charge < -0.3 is 20.1 Å². The van der Waals surface area contributed by atoms with Crippen LogP contribution in [0.25, 0.3) is 0 Å². The van der Waals surface area contributed by atoms with Gasteiger partial charge in [0.15, 0.2) is 0 Å². The lowest BCUT2D eigenvalue weighted by Gasteiger charge is -2.22. The normalized spacial score (nSPS) is 18.6. The average Bonchev–Trinajstić information content (AvgIpc) is 3.10. The Hall–Kier alpha value is -1.59. The fourth-order valence-electron chi connectivity index (χ4n) is 2.68. The molecule has 134 valence electrons. The van der Waals surface area contributed by atoms with Gasteiger partial charge in [-0.2, -0.15) is 0 Å². The Morgan fingerprint density at radius 1 is 1.46 bits per heavy atom. The van der Waals surface area contributed by atoms with Crippen LogP contribution in [0, 0.1) is 5.92 Å². The highest BCUT2D eigenvalue weighted by Gasteiger charge is 2.17. The summed E-state index contributed by atoms with van der Waals surface area (Å²) in [6.45, 7) is 6.20. The molecule has 24 heavy (non-hydrogen) atoms. The average molecular weight is 334 g/mol. The third-order valence-electron chi connectivity index (χ3n) is 4.54. The van der Waals surface area contributed by atoms with Crippen LogP contribution in [-0.2, 0) is 4.74 Å². The van der Waals surface area contributed by atoms with Crippen molar-refractivity contribution < 1.29 is 14.3 Å². The number of carbonyl (C=O) groups is 1. The van der Waals surface area contributed by atoms with E-state index in [1.165, 1.54) is 0 Å². The number of benzene rings is 1. The van der Waals surface area contributed by atoms with Gasteiger partial charge in [0.25, 0.3) is 5.91 Å². The molecule has 1 heterocycles. The van der Waals surface area contributed by atoms with Crippen LogP contribution in [0.4, 0.5) is 0 Å². The standard InChI is InChI=1S/C19H30N2O3/c1-14(2)18(20)9-10-21(3)19(22)15-6-4-7-16(12-15)24-13-17-8-5-11-23-17/h4,6-7,12,14,17-18H,5,8-11,13,20H2,1-3H3. The molecule has 0 saturated carbocycles. The van der Waals surface area contributed by atoms with Crippen molar-refractivity contribution in [2.75, 3.05) is 26.8 Å². The quantitative estimate of drug-likeness (QED) is 0.794. The lowest BCUT2D eigenvalue weighted by molar-refractivity contribution is 0.0678. The molecule has 0 aliphatic carbocycles. The first-order valence-electron chi connectivity index (χ1n) is 8.83. The minimum absolute atomic E-state index is 0.00600. The number of carbonyl (C=O) groups excluding carboxylic acids is 1. The summed E-state index contributed by atoms with van der Waals surface area (Å²) in [5.41, 5.74) is 6.70. The van der Waals surface area contributed by atoms with Gasteiger partial charge in [0.05, 0.1) is 6.10 Å². The third-order valence-corrected chi connectivity index (χ3v) is 4.54. The predicted octanol–water partition coefficient (Wildman–Crippen LogP) is 2.69. The van der Waals surface area contributed by atoms with Crippen molar-refractivity contribution in [1.82, 2.24) is 4.90 Å². The number of nitrogens with two attached hydrogens (primary N) is 1. The van der Waals surface area contributed by atoms with Crippen LogP contribution in [0.3, 0.4) is 0 Å². The lowest BCUT2D eigenvalue weighted by Crippen LogP contribution is -2.34. The van der Waals surface area contributed by atoms with Crippen LogP contribution in [-0.4, -0.2) is 49.8 Å². The van der Waals surface area contributed by atoms with Gasteiger partial charge in [0.2, 0.25) is 0 Å². The van der Waals surface area contributed by atoms with Gasteiger partial charge >= 0.3 is 0 Å². The van der Waals surface area contributed by atoms with Crippen molar-refractivity contribution in [3.05, 3.63) is 29.8 Å². The van der Waals surface area contributed by atoms with Gasteiger partial charge in [-0.1, -0.05) is 19.9 Å². The Bertz CT molecular complexity index is 527. The van der Waals surface area contributed by atoms with Gasteiger partial charge in [-0.05, 0) is 43.4 Å². The molecule has 1 saturated heterocycles. The number of amides is 1. The van der Waals surface area contributed by atoms with Crippen molar-refractivity contribution in [2.45, 2.75) is 45.3 Å². The lowest BCUT2D eigenvalue weighted by atomic mass is 10.0. The van der Waals surface area contributed by atoms with Crippen molar-refractivity contribution in [3.8, 4) is 5.75 Å². The molecule has 2 N–H and O–H groups in total. The van der Waals surface area contributed by atoms with Gasteiger partial charge in [0, 0.05) is 31.8 Å². The predicted molar refractivity (Wildman–Crippen MR) is 95.3 cm³/mol.